The van der Waals surface area contributed by atoms with Crippen molar-refractivity contribution < 1.29 is 0 Å². The number of nitrogens with zero attached hydrogens (tertiary/aromatic N) is 1. The monoisotopic (exact) mass is 165 g/mol. The van der Waals surface area contributed by atoms with Crippen molar-refractivity contribution in [2.45, 2.75) is 39.5 Å². The van der Waals surface area contributed by atoms with E-state index >= 15 is 0 Å². The third-order valence-corrected chi connectivity index (χ3v) is 2.00. The second-order valence-electron chi connectivity index (χ2n) is 2.93. The average Bonchev–Trinajstić information content (AvgIpc) is 2.11. The van der Waals surface area contributed by atoms with Crippen molar-refractivity contribution in [3.63, 3.8) is 0 Å². The number of rotatable bonds is 6. The topological polar surface area (TPSA) is 12.4 Å². The van der Waals surface area contributed by atoms with E-state index < -0.39 is 0 Å². The zero-order valence-electron chi connectivity index (χ0n) is 8.27. The van der Waals surface area contributed by atoms with E-state index in [1.165, 1.54) is 24.8 Å². The minimum absolute atomic E-state index is 1.01. The Morgan fingerprint density at radius 1 is 1.42 bits per heavy atom. The van der Waals surface area contributed by atoms with E-state index in [-0.39, 0.29) is 0 Å². The van der Waals surface area contributed by atoms with Crippen LogP contribution in [-0.2, 0) is 0 Å². The van der Waals surface area contributed by atoms with Gasteiger partial charge >= 0.3 is 0 Å². The summed E-state index contributed by atoms with van der Waals surface area (Å²) in [5, 5.41) is 0. The van der Waals surface area contributed by atoms with Crippen LogP contribution in [0.25, 0.3) is 0 Å². The summed E-state index contributed by atoms with van der Waals surface area (Å²) in [5.74, 6) is 0. The van der Waals surface area contributed by atoms with Crippen LogP contribution in [0.15, 0.2) is 28.9 Å². The molecular formula is C11H19N. The lowest BCUT2D eigenvalue weighted by Gasteiger charge is -2.02. The fourth-order valence-corrected chi connectivity index (χ4v) is 1.10. The van der Waals surface area contributed by atoms with Crippen LogP contribution in [0, 0.1) is 0 Å². The Balaban J connectivity index is 3.99. The first-order chi connectivity index (χ1) is 5.76. The van der Waals surface area contributed by atoms with Gasteiger partial charge in [0.1, 0.15) is 0 Å². The van der Waals surface area contributed by atoms with E-state index in [1.807, 2.05) is 13.0 Å². The molecule has 12 heavy (non-hydrogen) atoms. The van der Waals surface area contributed by atoms with Crippen molar-refractivity contribution in [3.8, 4) is 0 Å². The van der Waals surface area contributed by atoms with Gasteiger partial charge in [-0.2, -0.15) is 0 Å². The maximum atomic E-state index is 3.90. The highest BCUT2D eigenvalue weighted by Gasteiger charge is 1.96. The van der Waals surface area contributed by atoms with E-state index in [0.717, 1.165) is 12.1 Å². The molecule has 0 aromatic heterocycles. The zero-order valence-corrected chi connectivity index (χ0v) is 8.27. The number of hydrogen-bond acceptors (Lipinski definition) is 1. The Morgan fingerprint density at radius 2 is 2.08 bits per heavy atom. The average molecular weight is 165 g/mol. The van der Waals surface area contributed by atoms with E-state index in [9.17, 15) is 0 Å². The Morgan fingerprint density at radius 3 is 2.50 bits per heavy atom. The van der Waals surface area contributed by atoms with Crippen LogP contribution in [0.4, 0.5) is 0 Å². The summed E-state index contributed by atoms with van der Waals surface area (Å²) in [7, 11) is 0. The largest absolute Gasteiger partial charge is 0.269 e. The summed E-state index contributed by atoms with van der Waals surface area (Å²) in [5.41, 5.74) is 2.25. The van der Waals surface area contributed by atoms with Crippen LogP contribution in [0.5, 0.6) is 0 Å². The van der Waals surface area contributed by atoms with Gasteiger partial charge in [0.2, 0.25) is 0 Å². The van der Waals surface area contributed by atoms with Crippen molar-refractivity contribution in [2.24, 2.45) is 4.99 Å². The van der Waals surface area contributed by atoms with Crippen molar-refractivity contribution in [2.75, 3.05) is 0 Å². The van der Waals surface area contributed by atoms with Gasteiger partial charge in [0, 0.05) is 5.70 Å². The summed E-state index contributed by atoms with van der Waals surface area (Å²) in [6.45, 7) is 11.5. The molecule has 0 bridgehead atoms. The number of allylic oxidation sites excluding steroid dienone is 3. The molecule has 68 valence electrons. The van der Waals surface area contributed by atoms with Gasteiger partial charge in [-0.15, -0.1) is 0 Å². The van der Waals surface area contributed by atoms with Crippen LogP contribution in [-0.4, -0.2) is 6.72 Å². The summed E-state index contributed by atoms with van der Waals surface area (Å²) < 4.78 is 0. The summed E-state index contributed by atoms with van der Waals surface area (Å²) >= 11 is 0. The maximum Gasteiger partial charge on any atom is 0.0397 e. The molecule has 0 amide bonds. The first kappa shape index (κ1) is 11.2. The van der Waals surface area contributed by atoms with Gasteiger partial charge in [0.05, 0.1) is 0 Å². The molecule has 0 fully saturated rings. The SMILES string of the molecule is C=C/C(CCCCC)=C(/C)N=C. The highest BCUT2D eigenvalue weighted by molar-refractivity contribution is 5.32. The molecule has 0 heterocycles. The molecule has 0 aromatic carbocycles. The first-order valence-corrected chi connectivity index (χ1v) is 4.55. The van der Waals surface area contributed by atoms with Crippen LogP contribution in [0.2, 0.25) is 0 Å². The quantitative estimate of drug-likeness (QED) is 0.323. The predicted octanol–water partition coefficient (Wildman–Crippen LogP) is 3.73. The molecule has 0 radical (unpaired) electrons. The van der Waals surface area contributed by atoms with Crippen LogP contribution >= 0.6 is 0 Å². The summed E-state index contributed by atoms with van der Waals surface area (Å²) in [6, 6.07) is 0. The Bertz CT molecular complexity index is 177. The minimum atomic E-state index is 1.01. The van der Waals surface area contributed by atoms with E-state index in [0.29, 0.717) is 0 Å². The molecule has 0 saturated carbocycles. The number of hydrogen-bond donors (Lipinski definition) is 0. The molecule has 0 spiro atoms. The maximum absolute atomic E-state index is 3.90. The molecule has 0 atom stereocenters. The van der Waals surface area contributed by atoms with E-state index in [1.54, 1.807) is 0 Å². The van der Waals surface area contributed by atoms with Crippen molar-refractivity contribution in [1.29, 1.82) is 0 Å². The predicted molar refractivity (Wildman–Crippen MR) is 56.6 cm³/mol. The molecule has 0 aliphatic carbocycles. The van der Waals surface area contributed by atoms with Crippen molar-refractivity contribution >= 4 is 6.72 Å². The fraction of sp³-hybridized carbons (Fsp3) is 0.545. The number of unbranched alkanes of at least 4 members (excludes halogenated alkanes) is 2. The molecule has 1 nitrogen and oxygen atoms in total. The van der Waals surface area contributed by atoms with E-state index in [4.69, 9.17) is 0 Å². The van der Waals surface area contributed by atoms with Gasteiger partial charge in [0.25, 0.3) is 0 Å². The summed E-state index contributed by atoms with van der Waals surface area (Å²) in [4.78, 5) is 3.90. The molecule has 0 N–H and O–H groups in total. The lowest BCUT2D eigenvalue weighted by atomic mass is 10.1. The standard InChI is InChI=1S/C11H19N/c1-5-7-8-9-11(6-2)10(3)12-4/h6H,2,4-5,7-9H2,1,3H3/b11-10+. The van der Waals surface area contributed by atoms with Crippen molar-refractivity contribution in [1.82, 2.24) is 0 Å². The van der Waals surface area contributed by atoms with Crippen LogP contribution < -0.4 is 0 Å². The first-order valence-electron chi connectivity index (χ1n) is 4.55. The molecular weight excluding hydrogens is 146 g/mol. The van der Waals surface area contributed by atoms with Gasteiger partial charge < -0.3 is 0 Å². The smallest absolute Gasteiger partial charge is 0.0397 e. The fourth-order valence-electron chi connectivity index (χ4n) is 1.10. The Kier molecular flexibility index (Phi) is 6.35. The molecule has 0 aliphatic rings. The highest BCUT2D eigenvalue weighted by atomic mass is 14.7. The molecule has 0 unspecified atom stereocenters. The van der Waals surface area contributed by atoms with Gasteiger partial charge in [-0.1, -0.05) is 32.4 Å². The van der Waals surface area contributed by atoms with Gasteiger partial charge in [-0.05, 0) is 32.1 Å². The summed E-state index contributed by atoms with van der Waals surface area (Å²) in [6.07, 6.45) is 6.74. The van der Waals surface area contributed by atoms with Crippen LogP contribution in [0.1, 0.15) is 39.5 Å². The van der Waals surface area contributed by atoms with Gasteiger partial charge in [0.15, 0.2) is 0 Å². The second-order valence-corrected chi connectivity index (χ2v) is 2.93. The Labute approximate surface area is 75.9 Å². The van der Waals surface area contributed by atoms with Gasteiger partial charge in [-0.3, -0.25) is 4.99 Å². The number of aliphatic imine (C=N–C) groups is 1. The van der Waals surface area contributed by atoms with E-state index in [2.05, 4.69) is 25.2 Å². The lowest BCUT2D eigenvalue weighted by Crippen LogP contribution is -1.84. The van der Waals surface area contributed by atoms with Crippen molar-refractivity contribution in [3.05, 3.63) is 23.9 Å². The van der Waals surface area contributed by atoms with Gasteiger partial charge in [-0.25, -0.2) is 0 Å². The second kappa shape index (κ2) is 6.84. The molecule has 0 aliphatic heterocycles. The Hall–Kier alpha value is -0.850. The van der Waals surface area contributed by atoms with Crippen LogP contribution in [0.3, 0.4) is 0 Å². The highest BCUT2D eigenvalue weighted by Crippen LogP contribution is 2.14. The third-order valence-electron chi connectivity index (χ3n) is 2.00. The minimum Gasteiger partial charge on any atom is -0.269 e. The molecule has 0 aromatic rings. The lowest BCUT2D eigenvalue weighted by molar-refractivity contribution is 0.716. The molecule has 0 rings (SSSR count). The molecule has 1 heteroatoms. The molecule has 0 saturated heterocycles. The normalized spacial score (nSPS) is 12.2. The zero-order chi connectivity index (χ0) is 9.40. The third kappa shape index (κ3) is 4.12.